The van der Waals surface area contributed by atoms with E-state index in [1.807, 2.05) is 26.0 Å². The number of halogens is 1. The smallest absolute Gasteiger partial charge is 0.261 e. The maximum atomic E-state index is 12.4. The van der Waals surface area contributed by atoms with Gasteiger partial charge in [-0.15, -0.1) is 0 Å². The summed E-state index contributed by atoms with van der Waals surface area (Å²) in [4.78, 5) is 12.4. The molecule has 0 saturated heterocycles. The predicted molar refractivity (Wildman–Crippen MR) is 98.8 cm³/mol. The minimum atomic E-state index is -0.584. The average Bonchev–Trinajstić information content (AvgIpc) is 2.53. The van der Waals surface area contributed by atoms with E-state index in [2.05, 4.69) is 31.3 Å². The average molecular weight is 346 g/mol. The van der Waals surface area contributed by atoms with Crippen molar-refractivity contribution in [3.63, 3.8) is 0 Å². The Labute approximate surface area is 149 Å². The zero-order valence-electron chi connectivity index (χ0n) is 14.8. The highest BCUT2D eigenvalue weighted by Gasteiger charge is 2.18. The molecule has 0 heterocycles. The van der Waals surface area contributed by atoms with Crippen LogP contribution in [0.3, 0.4) is 0 Å². The molecule has 0 fully saturated rings. The first-order chi connectivity index (χ1) is 11.3. The third-order valence-corrected chi connectivity index (χ3v) is 4.63. The summed E-state index contributed by atoms with van der Waals surface area (Å²) in [6.07, 6.45) is -0.584. The lowest BCUT2D eigenvalue weighted by Crippen LogP contribution is -2.37. The first kappa shape index (κ1) is 18.3. The van der Waals surface area contributed by atoms with Gasteiger partial charge in [0, 0.05) is 5.02 Å². The van der Waals surface area contributed by atoms with E-state index < -0.39 is 6.10 Å². The number of nitrogens with one attached hydrogen (secondary N) is 1. The van der Waals surface area contributed by atoms with E-state index in [0.29, 0.717) is 10.8 Å². The summed E-state index contributed by atoms with van der Waals surface area (Å²) < 4.78 is 5.72. The Morgan fingerprint density at radius 3 is 2.33 bits per heavy atom. The molecule has 0 saturated carbocycles. The van der Waals surface area contributed by atoms with Crippen molar-refractivity contribution in [1.29, 1.82) is 0 Å². The number of ether oxygens (including phenoxy) is 1. The van der Waals surface area contributed by atoms with Gasteiger partial charge in [0.05, 0.1) is 6.04 Å². The molecule has 0 aliphatic heterocycles. The van der Waals surface area contributed by atoms with Gasteiger partial charge in [0.15, 0.2) is 6.10 Å². The number of aryl methyl sites for hydroxylation is 3. The molecule has 2 aromatic rings. The Kier molecular flexibility index (Phi) is 5.89. The second-order valence-corrected chi connectivity index (χ2v) is 6.65. The van der Waals surface area contributed by atoms with Crippen molar-refractivity contribution in [3.8, 4) is 5.75 Å². The van der Waals surface area contributed by atoms with Crippen LogP contribution >= 0.6 is 11.6 Å². The van der Waals surface area contributed by atoms with Crippen LogP contribution in [0.15, 0.2) is 36.4 Å². The van der Waals surface area contributed by atoms with E-state index in [9.17, 15) is 4.79 Å². The van der Waals surface area contributed by atoms with Gasteiger partial charge in [0.1, 0.15) is 5.75 Å². The fourth-order valence-electron chi connectivity index (χ4n) is 2.40. The largest absolute Gasteiger partial charge is 0.481 e. The summed E-state index contributed by atoms with van der Waals surface area (Å²) in [6, 6.07) is 11.5. The Morgan fingerprint density at radius 2 is 1.71 bits per heavy atom. The Balaban J connectivity index is 1.99. The minimum absolute atomic E-state index is 0.0743. The molecule has 24 heavy (non-hydrogen) atoms. The third kappa shape index (κ3) is 4.51. The van der Waals surface area contributed by atoms with Crippen LogP contribution in [0.25, 0.3) is 0 Å². The number of hydrogen-bond acceptors (Lipinski definition) is 2. The van der Waals surface area contributed by atoms with Crippen molar-refractivity contribution in [3.05, 3.63) is 63.7 Å². The van der Waals surface area contributed by atoms with E-state index in [1.54, 1.807) is 19.1 Å². The van der Waals surface area contributed by atoms with Gasteiger partial charge in [-0.1, -0.05) is 29.8 Å². The Morgan fingerprint density at radius 1 is 1.00 bits per heavy atom. The molecule has 2 atom stereocenters. The van der Waals surface area contributed by atoms with Gasteiger partial charge in [-0.25, -0.2) is 0 Å². The molecule has 0 aliphatic rings. The van der Waals surface area contributed by atoms with Crippen molar-refractivity contribution in [2.45, 2.75) is 46.8 Å². The van der Waals surface area contributed by atoms with Gasteiger partial charge in [0.2, 0.25) is 0 Å². The van der Waals surface area contributed by atoms with Crippen LogP contribution < -0.4 is 10.1 Å². The van der Waals surface area contributed by atoms with Crippen LogP contribution in [0.4, 0.5) is 0 Å². The fraction of sp³-hybridized carbons (Fsp3) is 0.350. The third-order valence-electron chi connectivity index (χ3n) is 4.20. The SMILES string of the molecule is Cc1ccc([C@@H](C)NC(=O)[C@H](C)Oc2ccc(Cl)c(C)c2)cc1C. The summed E-state index contributed by atoms with van der Waals surface area (Å²) in [7, 11) is 0. The first-order valence-electron chi connectivity index (χ1n) is 8.08. The summed E-state index contributed by atoms with van der Waals surface area (Å²) in [6.45, 7) is 9.77. The van der Waals surface area contributed by atoms with Crippen LogP contribution in [0.2, 0.25) is 5.02 Å². The molecule has 0 bridgehead atoms. The van der Waals surface area contributed by atoms with Gasteiger partial charge in [-0.3, -0.25) is 4.79 Å². The lowest BCUT2D eigenvalue weighted by Gasteiger charge is -2.20. The molecule has 0 aliphatic carbocycles. The molecule has 1 N–H and O–H groups in total. The molecule has 0 unspecified atom stereocenters. The zero-order chi connectivity index (χ0) is 17.9. The maximum Gasteiger partial charge on any atom is 0.261 e. The van der Waals surface area contributed by atoms with E-state index in [0.717, 1.165) is 11.1 Å². The second-order valence-electron chi connectivity index (χ2n) is 6.25. The summed E-state index contributed by atoms with van der Waals surface area (Å²) >= 11 is 6.01. The first-order valence-corrected chi connectivity index (χ1v) is 8.46. The quantitative estimate of drug-likeness (QED) is 0.836. The molecule has 2 aromatic carbocycles. The van der Waals surface area contributed by atoms with E-state index in [1.165, 1.54) is 11.1 Å². The molecule has 4 heteroatoms. The summed E-state index contributed by atoms with van der Waals surface area (Å²) in [5.74, 6) is 0.492. The molecule has 3 nitrogen and oxygen atoms in total. The van der Waals surface area contributed by atoms with Gasteiger partial charge in [0.25, 0.3) is 5.91 Å². The van der Waals surface area contributed by atoms with E-state index in [-0.39, 0.29) is 11.9 Å². The molecule has 0 spiro atoms. The Bertz CT molecular complexity index is 742. The number of carbonyl (C=O) groups excluding carboxylic acids is 1. The van der Waals surface area contributed by atoms with E-state index >= 15 is 0 Å². The molecule has 2 rings (SSSR count). The van der Waals surface area contributed by atoms with Crippen molar-refractivity contribution in [2.24, 2.45) is 0 Å². The van der Waals surface area contributed by atoms with Crippen molar-refractivity contribution < 1.29 is 9.53 Å². The van der Waals surface area contributed by atoms with Crippen LogP contribution in [0.1, 0.15) is 42.1 Å². The highest BCUT2D eigenvalue weighted by molar-refractivity contribution is 6.31. The van der Waals surface area contributed by atoms with Crippen molar-refractivity contribution in [2.75, 3.05) is 0 Å². The summed E-state index contributed by atoms with van der Waals surface area (Å²) in [5, 5.41) is 3.68. The molecule has 1 amide bonds. The lowest BCUT2D eigenvalue weighted by atomic mass is 10.0. The van der Waals surface area contributed by atoms with E-state index in [4.69, 9.17) is 16.3 Å². The normalized spacial score (nSPS) is 13.2. The highest BCUT2D eigenvalue weighted by Crippen LogP contribution is 2.22. The van der Waals surface area contributed by atoms with Gasteiger partial charge in [-0.05, 0) is 75.1 Å². The monoisotopic (exact) mass is 345 g/mol. The number of carbonyl (C=O) groups is 1. The van der Waals surface area contributed by atoms with Crippen LogP contribution in [0.5, 0.6) is 5.75 Å². The molecule has 128 valence electrons. The van der Waals surface area contributed by atoms with Gasteiger partial charge >= 0.3 is 0 Å². The van der Waals surface area contributed by atoms with Gasteiger partial charge in [-0.2, -0.15) is 0 Å². The van der Waals surface area contributed by atoms with Crippen molar-refractivity contribution >= 4 is 17.5 Å². The molecule has 0 radical (unpaired) electrons. The van der Waals surface area contributed by atoms with Crippen LogP contribution in [-0.2, 0) is 4.79 Å². The Hall–Kier alpha value is -2.00. The molecular formula is C20H24ClNO2. The van der Waals surface area contributed by atoms with Crippen LogP contribution in [-0.4, -0.2) is 12.0 Å². The number of rotatable bonds is 5. The van der Waals surface area contributed by atoms with Crippen molar-refractivity contribution in [1.82, 2.24) is 5.32 Å². The number of hydrogen-bond donors (Lipinski definition) is 1. The topological polar surface area (TPSA) is 38.3 Å². The standard InChI is InChI=1S/C20H24ClNO2/c1-12-6-7-17(10-13(12)2)15(4)22-20(23)16(5)24-18-8-9-19(21)14(3)11-18/h6-11,15-16H,1-5H3,(H,22,23)/t15-,16+/m1/s1. The van der Waals surface area contributed by atoms with Crippen LogP contribution in [0, 0.1) is 20.8 Å². The van der Waals surface area contributed by atoms with Gasteiger partial charge < -0.3 is 10.1 Å². The minimum Gasteiger partial charge on any atom is -0.481 e. The maximum absolute atomic E-state index is 12.4. The fourth-order valence-corrected chi connectivity index (χ4v) is 2.51. The number of amides is 1. The predicted octanol–water partition coefficient (Wildman–Crippen LogP) is 4.91. The molecule has 0 aromatic heterocycles. The lowest BCUT2D eigenvalue weighted by molar-refractivity contribution is -0.127. The molecular weight excluding hydrogens is 322 g/mol. The number of benzene rings is 2. The zero-order valence-corrected chi connectivity index (χ0v) is 15.6. The second kappa shape index (κ2) is 7.71. The summed E-state index contributed by atoms with van der Waals surface area (Å²) in [5.41, 5.74) is 4.47. The highest BCUT2D eigenvalue weighted by atomic mass is 35.5.